The van der Waals surface area contributed by atoms with Crippen LogP contribution in [0.1, 0.15) is 67.8 Å². The zero-order valence-corrected chi connectivity index (χ0v) is 14.9. The molecule has 1 saturated heterocycles. The van der Waals surface area contributed by atoms with E-state index in [2.05, 4.69) is 41.3 Å². The first-order valence-corrected chi connectivity index (χ1v) is 8.76. The highest BCUT2D eigenvalue weighted by atomic mass is 16.3. The van der Waals surface area contributed by atoms with Gasteiger partial charge in [-0.2, -0.15) is 20.5 Å². The number of hydrogen-bond donors (Lipinski definition) is 2. The Labute approximate surface area is 146 Å². The van der Waals surface area contributed by atoms with Crippen molar-refractivity contribution in [3.63, 3.8) is 0 Å². The van der Waals surface area contributed by atoms with E-state index in [-0.39, 0.29) is 18.0 Å². The van der Waals surface area contributed by atoms with Gasteiger partial charge in [-0.3, -0.25) is 9.48 Å². The van der Waals surface area contributed by atoms with Crippen molar-refractivity contribution in [2.45, 2.75) is 57.1 Å². The number of carbonyl (C=O) groups is 1. The molecule has 2 aromatic heterocycles. The normalized spacial score (nSPS) is 24.1. The number of aliphatic hydroxyl groups is 1. The number of aromatic nitrogens is 5. The molecule has 25 heavy (non-hydrogen) atoms. The van der Waals surface area contributed by atoms with Crippen molar-refractivity contribution in [2.24, 2.45) is 0 Å². The summed E-state index contributed by atoms with van der Waals surface area (Å²) in [5, 5.41) is 25.6. The molecule has 0 spiro atoms. The van der Waals surface area contributed by atoms with Gasteiger partial charge < -0.3 is 10.0 Å². The summed E-state index contributed by atoms with van der Waals surface area (Å²) in [4.78, 5) is 14.6. The molecule has 134 valence electrons. The molecule has 3 heterocycles. The van der Waals surface area contributed by atoms with Crippen molar-refractivity contribution in [1.82, 2.24) is 30.1 Å². The van der Waals surface area contributed by atoms with Crippen molar-refractivity contribution in [3.05, 3.63) is 29.3 Å². The molecular weight excluding hydrogens is 320 g/mol. The summed E-state index contributed by atoms with van der Waals surface area (Å²) in [5.41, 5.74) is 0.766. The maximum Gasteiger partial charge on any atom is 0.274 e. The van der Waals surface area contributed by atoms with E-state index >= 15 is 0 Å². The van der Waals surface area contributed by atoms with E-state index in [1.807, 2.05) is 10.7 Å². The molecule has 2 aromatic rings. The van der Waals surface area contributed by atoms with Crippen molar-refractivity contribution >= 4 is 5.91 Å². The van der Waals surface area contributed by atoms with Gasteiger partial charge in [-0.05, 0) is 39.7 Å². The highest BCUT2D eigenvalue weighted by Crippen LogP contribution is 2.42. The monoisotopic (exact) mass is 344 g/mol. The summed E-state index contributed by atoms with van der Waals surface area (Å²) in [6, 6.07) is 1.93. The second-order valence-corrected chi connectivity index (χ2v) is 8.17. The molecule has 2 N–H and O–H groups in total. The lowest BCUT2D eigenvalue weighted by molar-refractivity contribution is 0.0380. The Morgan fingerprint density at radius 2 is 2.16 bits per heavy atom. The van der Waals surface area contributed by atoms with Crippen molar-refractivity contribution in [3.8, 4) is 0 Å². The van der Waals surface area contributed by atoms with Crippen molar-refractivity contribution < 1.29 is 9.90 Å². The number of likely N-dealkylation sites (tertiary alicyclic amines) is 1. The largest absolute Gasteiger partial charge is 0.381 e. The number of nitrogens with one attached hydrogen (secondary N) is 1. The fraction of sp³-hybridized carbons (Fsp3) is 0.647. The predicted octanol–water partition coefficient (Wildman–Crippen LogP) is 1.37. The lowest BCUT2D eigenvalue weighted by atomic mass is 10.00. The highest BCUT2D eigenvalue weighted by molar-refractivity contribution is 5.92. The smallest absolute Gasteiger partial charge is 0.274 e. The molecule has 2 fully saturated rings. The van der Waals surface area contributed by atoms with Gasteiger partial charge in [0.25, 0.3) is 5.91 Å². The van der Waals surface area contributed by atoms with Crippen molar-refractivity contribution in [1.29, 1.82) is 0 Å². The molecular formula is C17H24N6O2. The van der Waals surface area contributed by atoms with Gasteiger partial charge in [-0.1, -0.05) is 0 Å². The first kappa shape index (κ1) is 16.3. The van der Waals surface area contributed by atoms with E-state index < -0.39 is 5.60 Å². The summed E-state index contributed by atoms with van der Waals surface area (Å²) in [7, 11) is 0. The van der Waals surface area contributed by atoms with Crippen LogP contribution in [-0.4, -0.2) is 54.2 Å². The SMILES string of the molecule is CC(C)(C)n1nc(C(=O)N2CCC(O)(c3cn[nH]n3)C2)cc1C1CC1. The van der Waals surface area contributed by atoms with Crippen LogP contribution in [0.4, 0.5) is 0 Å². The minimum atomic E-state index is -1.14. The van der Waals surface area contributed by atoms with Gasteiger partial charge in [0.2, 0.25) is 0 Å². The Morgan fingerprint density at radius 1 is 1.40 bits per heavy atom. The Bertz CT molecular complexity index is 787. The van der Waals surface area contributed by atoms with Gasteiger partial charge in [0.05, 0.1) is 18.3 Å². The predicted molar refractivity (Wildman–Crippen MR) is 90.0 cm³/mol. The summed E-state index contributed by atoms with van der Waals surface area (Å²) in [5.74, 6) is 0.378. The van der Waals surface area contributed by atoms with E-state index in [9.17, 15) is 9.90 Å². The number of hydrogen-bond acceptors (Lipinski definition) is 5. The second-order valence-electron chi connectivity index (χ2n) is 8.17. The number of β-amino-alcohol motifs (C(OH)–C–C–N with tert-alkyl or cyclic N) is 1. The number of aromatic amines is 1. The summed E-state index contributed by atoms with van der Waals surface area (Å²) in [6.45, 7) is 6.97. The first-order chi connectivity index (χ1) is 11.8. The molecule has 1 atom stereocenters. The zero-order chi connectivity index (χ0) is 17.8. The van der Waals surface area contributed by atoms with E-state index in [0.717, 1.165) is 18.5 Å². The molecule has 4 rings (SSSR count). The summed E-state index contributed by atoms with van der Waals surface area (Å²) in [6.07, 6.45) is 4.27. The van der Waals surface area contributed by atoms with Crippen LogP contribution in [-0.2, 0) is 11.1 Å². The lowest BCUT2D eigenvalue weighted by Gasteiger charge is -2.22. The third-order valence-corrected chi connectivity index (χ3v) is 5.01. The summed E-state index contributed by atoms with van der Waals surface area (Å²) >= 11 is 0. The van der Waals surface area contributed by atoms with Crippen LogP contribution in [0.25, 0.3) is 0 Å². The van der Waals surface area contributed by atoms with Crippen molar-refractivity contribution in [2.75, 3.05) is 13.1 Å². The van der Waals surface area contributed by atoms with Crippen LogP contribution in [0.3, 0.4) is 0 Å². The van der Waals surface area contributed by atoms with E-state index in [1.54, 1.807) is 4.90 Å². The van der Waals surface area contributed by atoms with E-state index in [4.69, 9.17) is 0 Å². The van der Waals surface area contributed by atoms with Crippen LogP contribution in [0, 0.1) is 0 Å². The number of rotatable bonds is 3. The molecule has 8 nitrogen and oxygen atoms in total. The molecule has 0 radical (unpaired) electrons. The molecule has 0 bridgehead atoms. The Hall–Kier alpha value is -2.22. The number of nitrogens with zero attached hydrogens (tertiary/aromatic N) is 5. The number of carbonyl (C=O) groups excluding carboxylic acids is 1. The molecule has 1 amide bonds. The molecule has 0 aromatic carbocycles. The average molecular weight is 344 g/mol. The minimum Gasteiger partial charge on any atom is -0.381 e. The fourth-order valence-electron chi connectivity index (χ4n) is 3.47. The van der Waals surface area contributed by atoms with Gasteiger partial charge >= 0.3 is 0 Å². The molecule has 2 aliphatic rings. The van der Waals surface area contributed by atoms with Gasteiger partial charge in [0.1, 0.15) is 11.3 Å². The van der Waals surface area contributed by atoms with Crippen LogP contribution in [0.15, 0.2) is 12.3 Å². The first-order valence-electron chi connectivity index (χ1n) is 8.76. The molecule has 1 aliphatic carbocycles. The topological polar surface area (TPSA) is 99.9 Å². The number of H-pyrrole nitrogens is 1. The number of amides is 1. The zero-order valence-electron chi connectivity index (χ0n) is 14.9. The Morgan fingerprint density at radius 3 is 2.76 bits per heavy atom. The maximum absolute atomic E-state index is 12.9. The van der Waals surface area contributed by atoms with Crippen LogP contribution < -0.4 is 0 Å². The van der Waals surface area contributed by atoms with Gasteiger partial charge in [0, 0.05) is 24.6 Å². The van der Waals surface area contributed by atoms with E-state index in [1.165, 1.54) is 6.20 Å². The third kappa shape index (κ3) is 2.84. The maximum atomic E-state index is 12.9. The molecule has 1 saturated carbocycles. The van der Waals surface area contributed by atoms with Gasteiger partial charge in [0.15, 0.2) is 5.69 Å². The quantitative estimate of drug-likeness (QED) is 0.876. The third-order valence-electron chi connectivity index (χ3n) is 5.01. The van der Waals surface area contributed by atoms with Crippen LogP contribution in [0.5, 0.6) is 0 Å². The molecule has 1 unspecified atom stereocenters. The molecule has 8 heteroatoms. The van der Waals surface area contributed by atoms with E-state index in [0.29, 0.717) is 30.3 Å². The fourth-order valence-corrected chi connectivity index (χ4v) is 3.47. The van der Waals surface area contributed by atoms with Crippen LogP contribution in [0.2, 0.25) is 0 Å². The average Bonchev–Trinajstić information content (AvgIpc) is 2.98. The lowest BCUT2D eigenvalue weighted by Crippen LogP contribution is -2.35. The highest BCUT2D eigenvalue weighted by Gasteiger charge is 2.42. The van der Waals surface area contributed by atoms with Gasteiger partial charge in [-0.25, -0.2) is 0 Å². The Balaban J connectivity index is 1.58. The minimum absolute atomic E-state index is 0.135. The van der Waals surface area contributed by atoms with Crippen LogP contribution >= 0.6 is 0 Å². The summed E-state index contributed by atoms with van der Waals surface area (Å²) < 4.78 is 1.98. The Kier molecular flexibility index (Phi) is 3.50. The standard InChI is InChI=1S/C17H24N6O2/c1-16(2,3)23-13(11-4-5-11)8-12(20-23)15(24)22-7-6-17(25,10-22)14-9-18-21-19-14/h8-9,11,25H,4-7,10H2,1-3H3,(H,18,19,21). The second kappa shape index (κ2) is 5.39. The molecule has 1 aliphatic heterocycles. The van der Waals surface area contributed by atoms with Gasteiger partial charge in [-0.15, -0.1) is 0 Å².